The monoisotopic (exact) mass is 354 g/mol. The highest BCUT2D eigenvalue weighted by Gasteiger charge is 2.36. The van der Waals surface area contributed by atoms with Crippen molar-refractivity contribution in [2.75, 3.05) is 5.73 Å². The normalized spacial score (nSPS) is 16.2. The molecule has 1 aromatic heterocycles. The largest absolute Gasteiger partial charge is 0.481 e. The van der Waals surface area contributed by atoms with E-state index in [1.54, 1.807) is 0 Å². The first-order valence-electron chi connectivity index (χ1n) is 8.66. The zero-order valence-corrected chi connectivity index (χ0v) is 14.4. The highest BCUT2D eigenvalue weighted by Crippen LogP contribution is 2.42. The highest BCUT2D eigenvalue weighted by molar-refractivity contribution is 5.95. The average molecular weight is 354 g/mol. The van der Waals surface area contributed by atoms with E-state index in [1.165, 1.54) is 6.20 Å². The van der Waals surface area contributed by atoms with Crippen molar-refractivity contribution in [1.29, 1.82) is 0 Å². The van der Waals surface area contributed by atoms with Crippen LogP contribution in [-0.2, 0) is 10.2 Å². The molecule has 1 amide bonds. The number of hydrogen-bond donors (Lipinski definition) is 3. The van der Waals surface area contributed by atoms with Gasteiger partial charge in [-0.05, 0) is 18.4 Å². The van der Waals surface area contributed by atoms with Gasteiger partial charge in [-0.1, -0.05) is 43.5 Å². The molecular formula is C19H22N4O3. The maximum Gasteiger partial charge on any atom is 0.304 e. The molecule has 0 aliphatic heterocycles. The number of carboxylic acids is 1. The number of carbonyl (C=O) groups excluding carboxylic acids is 1. The molecule has 0 saturated heterocycles. The summed E-state index contributed by atoms with van der Waals surface area (Å²) in [6.45, 7) is 0. The quantitative estimate of drug-likeness (QED) is 0.755. The summed E-state index contributed by atoms with van der Waals surface area (Å²) >= 11 is 0. The Morgan fingerprint density at radius 2 is 1.77 bits per heavy atom. The third kappa shape index (κ3) is 3.51. The first kappa shape index (κ1) is 17.8. The second-order valence-corrected chi connectivity index (χ2v) is 6.84. The van der Waals surface area contributed by atoms with Gasteiger partial charge in [0.1, 0.15) is 0 Å². The summed E-state index contributed by atoms with van der Waals surface area (Å²) in [7, 11) is 0. The van der Waals surface area contributed by atoms with Gasteiger partial charge in [-0.3, -0.25) is 9.59 Å². The molecule has 2 aromatic rings. The molecular weight excluding hydrogens is 332 g/mol. The van der Waals surface area contributed by atoms with Gasteiger partial charge in [-0.2, -0.15) is 0 Å². The third-order valence-electron chi connectivity index (χ3n) is 5.13. The van der Waals surface area contributed by atoms with Gasteiger partial charge in [0, 0.05) is 11.0 Å². The van der Waals surface area contributed by atoms with Crippen molar-refractivity contribution in [2.45, 2.75) is 43.9 Å². The maximum absolute atomic E-state index is 11.4. The molecule has 1 aliphatic carbocycles. The van der Waals surface area contributed by atoms with Crippen LogP contribution in [0.1, 0.15) is 54.6 Å². The van der Waals surface area contributed by atoms with Crippen LogP contribution in [0.3, 0.4) is 0 Å². The van der Waals surface area contributed by atoms with Crippen molar-refractivity contribution in [3.8, 4) is 11.3 Å². The number of nitrogens with zero attached hydrogens (tertiary/aromatic N) is 2. The van der Waals surface area contributed by atoms with E-state index in [2.05, 4.69) is 9.97 Å². The SMILES string of the molecule is NC(=O)c1nc(-c2ccc(C3(CC(=O)O)CCCCC3)cc2)cnc1N. The summed E-state index contributed by atoms with van der Waals surface area (Å²) in [6, 6.07) is 7.65. The number of carbonyl (C=O) groups is 2. The molecule has 1 fully saturated rings. The van der Waals surface area contributed by atoms with Crippen molar-refractivity contribution >= 4 is 17.7 Å². The molecule has 5 N–H and O–H groups in total. The van der Waals surface area contributed by atoms with Gasteiger partial charge in [0.25, 0.3) is 5.91 Å². The first-order valence-corrected chi connectivity index (χ1v) is 8.66. The molecule has 0 atom stereocenters. The number of hydrogen-bond acceptors (Lipinski definition) is 5. The first-order chi connectivity index (χ1) is 12.4. The van der Waals surface area contributed by atoms with Gasteiger partial charge in [-0.25, -0.2) is 9.97 Å². The van der Waals surface area contributed by atoms with Crippen LogP contribution in [0.25, 0.3) is 11.3 Å². The summed E-state index contributed by atoms with van der Waals surface area (Å²) in [4.78, 5) is 31.0. The summed E-state index contributed by atoms with van der Waals surface area (Å²) < 4.78 is 0. The molecule has 1 heterocycles. The number of aromatic nitrogens is 2. The lowest BCUT2D eigenvalue weighted by Gasteiger charge is -2.36. The van der Waals surface area contributed by atoms with Gasteiger partial charge in [0.15, 0.2) is 11.5 Å². The van der Waals surface area contributed by atoms with Gasteiger partial charge in [0.05, 0.1) is 18.3 Å². The number of amides is 1. The Morgan fingerprint density at radius 1 is 1.12 bits per heavy atom. The van der Waals surface area contributed by atoms with E-state index in [9.17, 15) is 14.7 Å². The zero-order valence-electron chi connectivity index (χ0n) is 14.4. The predicted octanol–water partition coefficient (Wildman–Crippen LogP) is 2.50. The minimum Gasteiger partial charge on any atom is -0.481 e. The Bertz CT molecular complexity index is 827. The highest BCUT2D eigenvalue weighted by atomic mass is 16.4. The summed E-state index contributed by atoms with van der Waals surface area (Å²) in [5.74, 6) is -1.50. The predicted molar refractivity (Wildman–Crippen MR) is 97.4 cm³/mol. The van der Waals surface area contributed by atoms with Crippen LogP contribution in [-0.4, -0.2) is 27.0 Å². The lowest BCUT2D eigenvalue weighted by molar-refractivity contribution is -0.138. The molecule has 0 radical (unpaired) electrons. The topological polar surface area (TPSA) is 132 Å². The van der Waals surface area contributed by atoms with Crippen LogP contribution in [0.5, 0.6) is 0 Å². The van der Waals surface area contributed by atoms with Crippen LogP contribution < -0.4 is 11.5 Å². The smallest absolute Gasteiger partial charge is 0.304 e. The van der Waals surface area contributed by atoms with E-state index in [0.29, 0.717) is 5.69 Å². The minimum atomic E-state index is -0.772. The number of anilines is 1. The van der Waals surface area contributed by atoms with Crippen molar-refractivity contribution in [3.63, 3.8) is 0 Å². The van der Waals surface area contributed by atoms with Gasteiger partial charge >= 0.3 is 5.97 Å². The Balaban J connectivity index is 1.93. The van der Waals surface area contributed by atoms with Crippen molar-refractivity contribution in [2.24, 2.45) is 5.73 Å². The molecule has 26 heavy (non-hydrogen) atoms. The van der Waals surface area contributed by atoms with Gasteiger partial charge in [0.2, 0.25) is 0 Å². The molecule has 7 nitrogen and oxygen atoms in total. The van der Waals surface area contributed by atoms with Crippen molar-refractivity contribution in [3.05, 3.63) is 41.7 Å². The lowest BCUT2D eigenvalue weighted by atomic mass is 9.67. The molecule has 0 unspecified atom stereocenters. The van der Waals surface area contributed by atoms with E-state index >= 15 is 0 Å². The fourth-order valence-corrected chi connectivity index (χ4v) is 3.80. The number of rotatable bonds is 5. The molecule has 0 spiro atoms. The molecule has 136 valence electrons. The van der Waals surface area contributed by atoms with Gasteiger partial charge < -0.3 is 16.6 Å². The summed E-state index contributed by atoms with van der Waals surface area (Å²) in [5, 5.41) is 9.36. The number of primary amides is 1. The summed E-state index contributed by atoms with van der Waals surface area (Å²) in [6.07, 6.45) is 6.62. The molecule has 0 bridgehead atoms. The second kappa shape index (κ2) is 7.11. The maximum atomic E-state index is 11.4. The molecule has 1 saturated carbocycles. The Labute approximate surface area is 151 Å². The molecule has 1 aromatic carbocycles. The van der Waals surface area contributed by atoms with E-state index < -0.39 is 11.9 Å². The van der Waals surface area contributed by atoms with Crippen LogP contribution >= 0.6 is 0 Å². The molecule has 3 rings (SSSR count). The van der Waals surface area contributed by atoms with Crippen LogP contribution in [0.4, 0.5) is 5.82 Å². The standard InChI is InChI=1S/C19H22N4O3/c20-17-16(18(21)26)23-14(11-22-17)12-4-6-13(7-5-12)19(10-15(24)25)8-2-1-3-9-19/h4-7,11H,1-3,8-10H2,(H2,20,22)(H2,21,26)(H,24,25). The number of nitrogen functional groups attached to an aromatic ring is 1. The number of aliphatic carboxylic acids is 1. The molecule has 1 aliphatic rings. The van der Waals surface area contributed by atoms with E-state index in [0.717, 1.165) is 43.2 Å². The van der Waals surface area contributed by atoms with Crippen LogP contribution in [0.2, 0.25) is 0 Å². The Kier molecular flexibility index (Phi) is 4.88. The Morgan fingerprint density at radius 3 is 2.35 bits per heavy atom. The number of benzene rings is 1. The van der Waals surface area contributed by atoms with E-state index in [1.807, 2.05) is 24.3 Å². The fourth-order valence-electron chi connectivity index (χ4n) is 3.80. The third-order valence-corrected chi connectivity index (χ3v) is 5.13. The van der Waals surface area contributed by atoms with Crippen molar-refractivity contribution in [1.82, 2.24) is 9.97 Å². The van der Waals surface area contributed by atoms with Crippen LogP contribution in [0.15, 0.2) is 30.5 Å². The fraction of sp³-hybridized carbons (Fsp3) is 0.368. The zero-order chi connectivity index (χ0) is 18.7. The van der Waals surface area contributed by atoms with Crippen LogP contribution in [0, 0.1) is 0 Å². The van der Waals surface area contributed by atoms with E-state index in [4.69, 9.17) is 11.5 Å². The lowest BCUT2D eigenvalue weighted by Crippen LogP contribution is -2.31. The van der Waals surface area contributed by atoms with Crippen molar-refractivity contribution < 1.29 is 14.7 Å². The molecule has 7 heteroatoms. The second-order valence-electron chi connectivity index (χ2n) is 6.84. The number of carboxylic acid groups (broad SMARTS) is 1. The van der Waals surface area contributed by atoms with Gasteiger partial charge in [-0.15, -0.1) is 0 Å². The minimum absolute atomic E-state index is 0.000451. The average Bonchev–Trinajstić information content (AvgIpc) is 2.62. The Hall–Kier alpha value is -2.96. The van der Waals surface area contributed by atoms with E-state index in [-0.39, 0.29) is 23.3 Å². The number of nitrogens with two attached hydrogens (primary N) is 2. The summed E-state index contributed by atoms with van der Waals surface area (Å²) in [5.41, 5.74) is 12.8.